The number of nitrogens with zero attached hydrogens (tertiary/aromatic N) is 2. The Labute approximate surface area is 152 Å². The molecule has 132 valence electrons. The molecule has 1 aliphatic rings. The number of aliphatic imine (C=N–C) groups is 1. The monoisotopic (exact) mass is 447 g/mol. The maximum atomic E-state index is 12.1. The summed E-state index contributed by atoms with van der Waals surface area (Å²) in [4.78, 5) is 6.24. The largest absolute Gasteiger partial charge is 0.381 e. The summed E-state index contributed by atoms with van der Waals surface area (Å²) in [6.45, 7) is 8.04. The summed E-state index contributed by atoms with van der Waals surface area (Å²) in [5.41, 5.74) is 0. The van der Waals surface area contributed by atoms with E-state index in [0.29, 0.717) is 12.5 Å². The van der Waals surface area contributed by atoms with Gasteiger partial charge in [0.25, 0.3) is 0 Å². The molecule has 0 aromatic carbocycles. The van der Waals surface area contributed by atoms with Crippen LogP contribution in [0.15, 0.2) is 4.99 Å². The lowest BCUT2D eigenvalue weighted by atomic mass is 10.1. The number of ether oxygens (including phenoxy) is 1. The quantitative estimate of drug-likeness (QED) is 0.392. The molecule has 0 bridgehead atoms. The first-order valence-corrected chi connectivity index (χ1v) is 9.04. The molecule has 0 aromatic heterocycles. The lowest BCUT2D eigenvalue weighted by molar-refractivity contribution is 0.181. The van der Waals surface area contributed by atoms with Crippen LogP contribution in [0.25, 0.3) is 0 Å². The van der Waals surface area contributed by atoms with Crippen molar-refractivity contribution >= 4 is 39.8 Å². The highest BCUT2D eigenvalue weighted by molar-refractivity contribution is 14.0. The van der Waals surface area contributed by atoms with Gasteiger partial charge in [-0.05, 0) is 27.2 Å². The third kappa shape index (κ3) is 6.57. The molecule has 8 heteroatoms. The third-order valence-corrected chi connectivity index (χ3v) is 6.32. The Morgan fingerprint density at radius 3 is 2.50 bits per heavy atom. The van der Waals surface area contributed by atoms with Gasteiger partial charge in [0.05, 0.1) is 17.1 Å². The molecule has 1 fully saturated rings. The Balaban J connectivity index is 0.00000441. The van der Waals surface area contributed by atoms with Crippen LogP contribution < -0.4 is 5.32 Å². The number of guanidine groups is 1. The van der Waals surface area contributed by atoms with Crippen LogP contribution in [0.3, 0.4) is 0 Å². The van der Waals surface area contributed by atoms with E-state index in [2.05, 4.69) is 10.3 Å². The van der Waals surface area contributed by atoms with Crippen molar-refractivity contribution in [3.8, 4) is 0 Å². The fourth-order valence-corrected chi connectivity index (χ4v) is 3.17. The Bertz CT molecular complexity index is 454. The summed E-state index contributed by atoms with van der Waals surface area (Å²) in [6.07, 6.45) is 1.07. The number of nitrogens with one attached hydrogen (secondary N) is 1. The van der Waals surface area contributed by atoms with E-state index in [0.717, 1.165) is 32.1 Å². The van der Waals surface area contributed by atoms with E-state index in [-0.39, 0.29) is 29.7 Å². The molecule has 1 N–H and O–H groups in total. The van der Waals surface area contributed by atoms with E-state index in [4.69, 9.17) is 4.74 Å². The highest BCUT2D eigenvalue weighted by Crippen LogP contribution is 2.15. The zero-order valence-corrected chi connectivity index (χ0v) is 17.4. The molecule has 0 aromatic rings. The molecular weight excluding hydrogens is 417 g/mol. The van der Waals surface area contributed by atoms with Gasteiger partial charge in [0.1, 0.15) is 0 Å². The Morgan fingerprint density at radius 2 is 2.05 bits per heavy atom. The van der Waals surface area contributed by atoms with Crippen molar-refractivity contribution in [3.05, 3.63) is 0 Å². The number of sulfone groups is 1. The van der Waals surface area contributed by atoms with E-state index >= 15 is 0 Å². The number of hydrogen-bond donors (Lipinski definition) is 1. The topological polar surface area (TPSA) is 71.0 Å². The van der Waals surface area contributed by atoms with Gasteiger partial charge >= 0.3 is 0 Å². The van der Waals surface area contributed by atoms with Gasteiger partial charge in [-0.15, -0.1) is 24.0 Å². The maximum Gasteiger partial charge on any atom is 0.193 e. The van der Waals surface area contributed by atoms with Gasteiger partial charge in [0.2, 0.25) is 0 Å². The second-order valence-corrected chi connectivity index (χ2v) is 9.38. The van der Waals surface area contributed by atoms with Crippen molar-refractivity contribution in [2.24, 2.45) is 10.9 Å². The summed E-state index contributed by atoms with van der Waals surface area (Å²) in [6, 6.07) is 0. The van der Waals surface area contributed by atoms with Gasteiger partial charge in [0, 0.05) is 39.7 Å². The summed E-state index contributed by atoms with van der Waals surface area (Å²) in [5, 5.41) is 3.13. The normalized spacial score (nSPS) is 19.7. The van der Waals surface area contributed by atoms with Gasteiger partial charge in [-0.1, -0.05) is 0 Å². The zero-order chi connectivity index (χ0) is 16.1. The molecule has 22 heavy (non-hydrogen) atoms. The Hall–Kier alpha value is -0.0900. The van der Waals surface area contributed by atoms with Crippen LogP contribution in [0.2, 0.25) is 0 Å². The molecule has 0 spiro atoms. The summed E-state index contributed by atoms with van der Waals surface area (Å²) < 4.78 is 28.8. The first-order valence-electron chi connectivity index (χ1n) is 7.39. The molecule has 1 rings (SSSR count). The van der Waals surface area contributed by atoms with E-state index in [1.807, 2.05) is 11.9 Å². The fraction of sp³-hybridized carbons (Fsp3) is 0.929. The average molecular weight is 447 g/mol. The minimum Gasteiger partial charge on any atom is -0.381 e. The standard InChI is InChI=1S/C14H29N3O3S.HI/c1-14(2,3)21(18,19)9-7-16-13(15-4)17(5)10-12-6-8-20-11-12;/h12H,6-11H2,1-5H3,(H,15,16);1H. The van der Waals surface area contributed by atoms with E-state index < -0.39 is 14.6 Å². The second kappa shape index (κ2) is 9.27. The molecule has 0 saturated carbocycles. The second-order valence-electron chi connectivity index (χ2n) is 6.52. The molecule has 0 aliphatic carbocycles. The van der Waals surface area contributed by atoms with Gasteiger partial charge in [0.15, 0.2) is 15.8 Å². The molecular formula is C14H30IN3O3S. The Morgan fingerprint density at radius 1 is 1.41 bits per heavy atom. The SMILES string of the molecule is CN=C(NCCS(=O)(=O)C(C)(C)C)N(C)CC1CCOC1.I. The number of rotatable bonds is 5. The molecule has 0 radical (unpaired) electrons. The van der Waals surface area contributed by atoms with Crippen molar-refractivity contribution in [2.45, 2.75) is 31.9 Å². The molecule has 1 heterocycles. The van der Waals surface area contributed by atoms with Crippen LogP contribution in [-0.4, -0.2) is 70.2 Å². The van der Waals surface area contributed by atoms with Crippen molar-refractivity contribution in [1.29, 1.82) is 0 Å². The highest BCUT2D eigenvalue weighted by Gasteiger charge is 2.28. The minimum atomic E-state index is -3.11. The number of halogens is 1. The van der Waals surface area contributed by atoms with E-state index in [9.17, 15) is 8.42 Å². The van der Waals surface area contributed by atoms with Crippen molar-refractivity contribution in [2.75, 3.05) is 46.2 Å². The summed E-state index contributed by atoms with van der Waals surface area (Å²) in [7, 11) is 0.569. The van der Waals surface area contributed by atoms with E-state index in [1.165, 1.54) is 0 Å². The predicted octanol–water partition coefficient (Wildman–Crippen LogP) is 1.36. The highest BCUT2D eigenvalue weighted by atomic mass is 127. The molecule has 6 nitrogen and oxygen atoms in total. The molecule has 1 saturated heterocycles. The summed E-state index contributed by atoms with van der Waals surface area (Å²) in [5.74, 6) is 1.36. The van der Waals surface area contributed by atoms with Crippen LogP contribution in [0, 0.1) is 5.92 Å². The molecule has 0 amide bonds. The molecule has 1 aliphatic heterocycles. The molecule has 1 unspecified atom stereocenters. The van der Waals surface area contributed by atoms with Crippen molar-refractivity contribution in [3.63, 3.8) is 0 Å². The summed E-state index contributed by atoms with van der Waals surface area (Å²) >= 11 is 0. The lowest BCUT2D eigenvalue weighted by Gasteiger charge is -2.25. The van der Waals surface area contributed by atoms with Crippen molar-refractivity contribution < 1.29 is 13.2 Å². The first kappa shape index (κ1) is 21.9. The van der Waals surface area contributed by atoms with Crippen molar-refractivity contribution in [1.82, 2.24) is 10.2 Å². The minimum absolute atomic E-state index is 0. The number of hydrogen-bond acceptors (Lipinski definition) is 4. The van der Waals surface area contributed by atoms with Gasteiger partial charge in [-0.2, -0.15) is 0 Å². The lowest BCUT2D eigenvalue weighted by Crippen LogP contribution is -2.44. The third-order valence-electron chi connectivity index (χ3n) is 3.72. The van der Waals surface area contributed by atoms with Gasteiger partial charge in [-0.3, -0.25) is 4.99 Å². The van der Waals surface area contributed by atoms with Crippen LogP contribution in [0.5, 0.6) is 0 Å². The Kier molecular flexibility index (Phi) is 9.23. The zero-order valence-electron chi connectivity index (χ0n) is 14.3. The molecule has 1 atom stereocenters. The van der Waals surface area contributed by atoms with E-state index in [1.54, 1.807) is 27.8 Å². The van der Waals surface area contributed by atoms with Gasteiger partial charge < -0.3 is 15.0 Å². The van der Waals surface area contributed by atoms with Crippen LogP contribution >= 0.6 is 24.0 Å². The smallest absolute Gasteiger partial charge is 0.193 e. The van der Waals surface area contributed by atoms with Crippen LogP contribution in [0.1, 0.15) is 27.2 Å². The first-order chi connectivity index (χ1) is 9.67. The predicted molar refractivity (Wildman–Crippen MR) is 102 cm³/mol. The van der Waals surface area contributed by atoms with Gasteiger partial charge in [-0.25, -0.2) is 8.42 Å². The maximum absolute atomic E-state index is 12.1. The average Bonchev–Trinajstić information content (AvgIpc) is 2.85. The van der Waals surface area contributed by atoms with Crippen LogP contribution in [-0.2, 0) is 14.6 Å². The fourth-order valence-electron chi connectivity index (χ4n) is 2.19. The van der Waals surface area contributed by atoms with Crippen LogP contribution in [0.4, 0.5) is 0 Å².